The molecule has 0 rings (SSSR count). The molecule has 0 saturated heterocycles. The summed E-state index contributed by atoms with van der Waals surface area (Å²) >= 11 is 0. The molecule has 6 N–H and O–H groups in total. The van der Waals surface area contributed by atoms with Crippen molar-refractivity contribution in [1.82, 2.24) is 0 Å². The molecule has 0 aliphatic rings. The van der Waals surface area contributed by atoms with Crippen molar-refractivity contribution in [2.75, 3.05) is 0 Å². The molecular weight excluding hydrogens is 279 g/mol. The van der Waals surface area contributed by atoms with E-state index >= 15 is 0 Å². The van der Waals surface area contributed by atoms with Gasteiger partial charge in [0.05, 0.1) is 5.97 Å². The summed E-state index contributed by atoms with van der Waals surface area (Å²) in [7, 11) is 0. The molecule has 0 amide bonds. The number of aliphatic carboxylic acids is 1. The molecule has 0 bridgehead atoms. The molecule has 0 radical (unpaired) electrons. The number of hydrogen-bond acceptors (Lipinski definition) is 7. The quantitative estimate of drug-likeness (QED) is 0.268. The minimum absolute atomic E-state index is 0. The van der Waals surface area contributed by atoms with Crippen molar-refractivity contribution in [1.29, 1.82) is 0 Å². The number of carbonyl (C=O) groups excluding carboxylic acids is 3. The Morgan fingerprint density at radius 3 is 2.05 bits per heavy atom. The summed E-state index contributed by atoms with van der Waals surface area (Å²) in [5.41, 5.74) is 10.7. The molecule has 0 aliphatic heterocycles. The Morgan fingerprint density at radius 2 is 1.65 bits per heavy atom. The van der Waals surface area contributed by atoms with E-state index in [1.165, 1.54) is 0 Å². The number of carboxylic acids is 1. The third-order valence-electron chi connectivity index (χ3n) is 2.20. The molecule has 0 aromatic carbocycles. The minimum Gasteiger partial charge on any atom is -0.548 e. The van der Waals surface area contributed by atoms with E-state index < -0.39 is 30.0 Å². The van der Waals surface area contributed by atoms with E-state index in [2.05, 4.69) is 4.74 Å². The number of rotatable bonds is 7. The topological polar surface area (TPSA) is 167 Å². The van der Waals surface area contributed by atoms with E-state index in [9.17, 15) is 19.5 Å². The van der Waals surface area contributed by atoms with Gasteiger partial charge in [-0.05, 0) is 18.8 Å². The Balaban J connectivity index is -0.00000144. The van der Waals surface area contributed by atoms with Crippen molar-refractivity contribution >= 4 is 17.9 Å². The fraction of sp³-hybridized carbons (Fsp3) is 0.727. The third-order valence-corrected chi connectivity index (χ3v) is 2.20. The Hall–Kier alpha value is -0.510. The summed E-state index contributed by atoms with van der Waals surface area (Å²) in [6, 6.07) is -2.11. The van der Waals surface area contributed by atoms with Crippen LogP contribution in [0.15, 0.2) is 0 Å². The fourth-order valence-corrected chi connectivity index (χ4v) is 1.23. The number of ether oxygens (including phenoxy) is 1. The molecule has 0 aromatic rings. The number of carbonyl (C=O) groups is 3. The Bertz CT molecular complexity index is 324. The van der Waals surface area contributed by atoms with Crippen molar-refractivity contribution < 1.29 is 59.3 Å². The average Bonchev–Trinajstić information content (AvgIpc) is 2.24. The monoisotopic (exact) mass is 300 g/mol. The van der Waals surface area contributed by atoms with Gasteiger partial charge in [0.25, 0.3) is 0 Å². The van der Waals surface area contributed by atoms with Crippen molar-refractivity contribution in [2.24, 2.45) is 17.4 Å². The molecule has 2 atom stereocenters. The first-order valence-electron chi connectivity index (χ1n) is 5.70. The molecule has 8 nitrogen and oxygen atoms in total. The molecule has 0 heterocycles. The van der Waals surface area contributed by atoms with Gasteiger partial charge in [-0.2, -0.15) is 0 Å². The molecule has 112 valence electrons. The number of esters is 2. The molecule has 0 saturated carbocycles. The zero-order chi connectivity index (χ0) is 14.3. The van der Waals surface area contributed by atoms with Crippen LogP contribution in [0.1, 0.15) is 33.1 Å². The van der Waals surface area contributed by atoms with Gasteiger partial charge in [0.2, 0.25) is 0 Å². The third kappa shape index (κ3) is 11.3. The molecule has 0 unspecified atom stereocenters. The van der Waals surface area contributed by atoms with Crippen LogP contribution in [0.25, 0.3) is 0 Å². The predicted octanol–water partition coefficient (Wildman–Crippen LogP) is -5.53. The standard InChI is InChI=1S/C11H20N2O5.Na.H2O/c1-6(2)5-8(13)11(17)18-9(14)4-3-7(12)10(15)16;;/h6-8H,3-5,12-13H2,1-2H3,(H,15,16);;1H2/q;+1;/p-1/t7-,8+;;/m1../s1. The van der Waals surface area contributed by atoms with Crippen LogP contribution >= 0.6 is 0 Å². The van der Waals surface area contributed by atoms with Gasteiger partial charge >= 0.3 is 41.5 Å². The smallest absolute Gasteiger partial charge is 0.548 e. The summed E-state index contributed by atoms with van der Waals surface area (Å²) in [5, 5.41) is 10.3. The van der Waals surface area contributed by atoms with Crippen LogP contribution in [-0.2, 0) is 19.1 Å². The van der Waals surface area contributed by atoms with Gasteiger partial charge in [-0.1, -0.05) is 13.8 Å². The first-order valence-corrected chi connectivity index (χ1v) is 5.70. The van der Waals surface area contributed by atoms with Crippen molar-refractivity contribution in [3.8, 4) is 0 Å². The maximum atomic E-state index is 11.3. The Kier molecular flexibility index (Phi) is 15.0. The van der Waals surface area contributed by atoms with Crippen LogP contribution in [0.2, 0.25) is 0 Å². The molecule has 9 heteroatoms. The zero-order valence-corrected chi connectivity index (χ0v) is 14.0. The van der Waals surface area contributed by atoms with Gasteiger partial charge in [0, 0.05) is 12.5 Å². The van der Waals surface area contributed by atoms with Crippen LogP contribution in [0.3, 0.4) is 0 Å². The first kappa shape index (κ1) is 24.5. The van der Waals surface area contributed by atoms with Crippen LogP contribution < -0.4 is 46.1 Å². The molecule has 0 aromatic heterocycles. The number of hydrogen-bond donors (Lipinski definition) is 2. The average molecular weight is 300 g/mol. The Morgan fingerprint density at radius 1 is 1.15 bits per heavy atom. The van der Waals surface area contributed by atoms with E-state index in [0.29, 0.717) is 6.42 Å². The van der Waals surface area contributed by atoms with Gasteiger partial charge in [-0.25, -0.2) is 4.79 Å². The van der Waals surface area contributed by atoms with Crippen molar-refractivity contribution in [3.63, 3.8) is 0 Å². The number of nitrogens with two attached hydrogens (primary N) is 2. The largest absolute Gasteiger partial charge is 1.00 e. The normalized spacial score (nSPS) is 12.7. The van der Waals surface area contributed by atoms with E-state index in [-0.39, 0.29) is 53.8 Å². The van der Waals surface area contributed by atoms with Crippen LogP contribution in [-0.4, -0.2) is 35.5 Å². The second-order valence-electron chi connectivity index (χ2n) is 4.49. The molecule has 20 heavy (non-hydrogen) atoms. The predicted molar refractivity (Wildman–Crippen MR) is 64.4 cm³/mol. The van der Waals surface area contributed by atoms with Gasteiger partial charge < -0.3 is 31.6 Å². The van der Waals surface area contributed by atoms with Gasteiger partial charge in [-0.3, -0.25) is 4.79 Å². The van der Waals surface area contributed by atoms with Crippen LogP contribution in [0, 0.1) is 5.92 Å². The molecular formula is C11H21N2NaO6. The van der Waals surface area contributed by atoms with Crippen molar-refractivity contribution in [3.05, 3.63) is 0 Å². The van der Waals surface area contributed by atoms with Crippen molar-refractivity contribution in [2.45, 2.75) is 45.2 Å². The maximum Gasteiger partial charge on any atom is 1.00 e. The SMILES string of the molecule is CC(C)C[C@H](N)C(=O)OC(=O)CC[C@@H](N)C(=O)[O-].O.[Na+]. The van der Waals surface area contributed by atoms with E-state index in [0.717, 1.165) is 0 Å². The van der Waals surface area contributed by atoms with E-state index in [4.69, 9.17) is 11.5 Å². The molecule has 0 fully saturated rings. The van der Waals surface area contributed by atoms with Gasteiger partial charge in [-0.15, -0.1) is 0 Å². The maximum absolute atomic E-state index is 11.3. The summed E-state index contributed by atoms with van der Waals surface area (Å²) in [6.07, 6.45) is -0.00613. The second-order valence-corrected chi connectivity index (χ2v) is 4.49. The molecule has 0 spiro atoms. The minimum atomic E-state index is -1.45. The van der Waals surface area contributed by atoms with E-state index in [1.54, 1.807) is 0 Å². The summed E-state index contributed by atoms with van der Waals surface area (Å²) in [4.78, 5) is 32.8. The second kappa shape index (κ2) is 12.2. The van der Waals surface area contributed by atoms with Gasteiger partial charge in [0.1, 0.15) is 6.04 Å². The summed E-state index contributed by atoms with van der Waals surface area (Å²) in [6.45, 7) is 3.77. The number of carboxylic acid groups (broad SMARTS) is 1. The molecule has 0 aliphatic carbocycles. The zero-order valence-electron chi connectivity index (χ0n) is 12.0. The van der Waals surface area contributed by atoms with Gasteiger partial charge in [0.15, 0.2) is 0 Å². The summed E-state index contributed by atoms with van der Waals surface area (Å²) in [5.74, 6) is -2.90. The fourth-order valence-electron chi connectivity index (χ4n) is 1.23. The first-order chi connectivity index (χ1) is 8.23. The Labute approximate surface area is 139 Å². The van der Waals surface area contributed by atoms with Crippen LogP contribution in [0.5, 0.6) is 0 Å². The van der Waals surface area contributed by atoms with Crippen LogP contribution in [0.4, 0.5) is 0 Å². The van der Waals surface area contributed by atoms with E-state index in [1.807, 2.05) is 13.8 Å². The summed E-state index contributed by atoms with van der Waals surface area (Å²) < 4.78 is 4.47.